The number of rotatable bonds is 2. The Balaban J connectivity index is 2.14. The van der Waals surface area contributed by atoms with Crippen molar-refractivity contribution in [2.24, 2.45) is 0 Å². The van der Waals surface area contributed by atoms with E-state index in [1.807, 2.05) is 36.4 Å². The number of halogens is 1. The molecule has 1 aliphatic rings. The predicted octanol–water partition coefficient (Wildman–Crippen LogP) is 3.42. The lowest BCUT2D eigenvalue weighted by atomic mass is 10.1. The lowest BCUT2D eigenvalue weighted by Crippen LogP contribution is -2.46. The van der Waals surface area contributed by atoms with E-state index in [1.165, 1.54) is 8.47 Å². The van der Waals surface area contributed by atoms with Gasteiger partial charge in [0.15, 0.2) is 0 Å². The van der Waals surface area contributed by atoms with Gasteiger partial charge in [-0.2, -0.15) is 0 Å². The summed E-state index contributed by atoms with van der Waals surface area (Å²) < 4.78 is 6.70. The number of nitrogens with zero attached hydrogens (tertiary/aromatic N) is 1. The number of hydrogen-bond donors (Lipinski definition) is 1. The second-order valence-electron chi connectivity index (χ2n) is 4.89. The van der Waals surface area contributed by atoms with Gasteiger partial charge in [-0.25, -0.2) is 4.79 Å². The molecular formula is C14H16INO3. The molecule has 0 saturated carbocycles. The summed E-state index contributed by atoms with van der Waals surface area (Å²) >= 11 is 2.25. The Bertz CT molecular complexity index is 496. The van der Waals surface area contributed by atoms with E-state index >= 15 is 0 Å². The highest BCUT2D eigenvalue weighted by Crippen LogP contribution is 2.28. The topological polar surface area (TPSA) is 49.8 Å². The molecule has 4 nitrogen and oxygen atoms in total. The molecule has 1 aromatic rings. The highest BCUT2D eigenvalue weighted by atomic mass is 127. The number of amides is 1. The maximum Gasteiger partial charge on any atom is 0.410 e. The van der Waals surface area contributed by atoms with Crippen LogP contribution >= 0.6 is 22.6 Å². The van der Waals surface area contributed by atoms with Gasteiger partial charge in [-0.05, 0) is 54.1 Å². The normalized spacial score (nSPS) is 22.1. The van der Waals surface area contributed by atoms with Crippen molar-refractivity contribution in [2.75, 3.05) is 6.61 Å². The van der Waals surface area contributed by atoms with Crippen molar-refractivity contribution in [3.8, 4) is 0 Å². The maximum absolute atomic E-state index is 11.3. The van der Waals surface area contributed by atoms with Crippen LogP contribution in [0.1, 0.15) is 19.4 Å². The fraction of sp³-hybridized carbons (Fsp3) is 0.357. The average Bonchev–Trinajstić information content (AvgIpc) is 2.64. The Kier molecular flexibility index (Phi) is 4.15. The van der Waals surface area contributed by atoms with E-state index in [9.17, 15) is 9.90 Å². The Hall–Kier alpha value is -1.08. The lowest BCUT2D eigenvalue weighted by molar-refractivity contribution is -0.0409. The monoisotopic (exact) mass is 373 g/mol. The van der Waals surface area contributed by atoms with Crippen LogP contribution in [0, 0.1) is 3.57 Å². The minimum atomic E-state index is -0.959. The van der Waals surface area contributed by atoms with Crippen molar-refractivity contribution in [3.63, 3.8) is 0 Å². The van der Waals surface area contributed by atoms with Crippen LogP contribution in [-0.4, -0.2) is 34.5 Å². The lowest BCUT2D eigenvalue weighted by Gasteiger charge is -2.29. The molecule has 0 unspecified atom stereocenters. The zero-order valence-corrected chi connectivity index (χ0v) is 13.0. The van der Waals surface area contributed by atoms with Crippen LogP contribution in [0.2, 0.25) is 0 Å². The Morgan fingerprint density at radius 3 is 2.68 bits per heavy atom. The molecule has 0 spiro atoms. The van der Waals surface area contributed by atoms with E-state index < -0.39 is 11.8 Å². The molecule has 1 fully saturated rings. The van der Waals surface area contributed by atoms with E-state index in [1.54, 1.807) is 13.8 Å². The van der Waals surface area contributed by atoms with E-state index in [0.29, 0.717) is 6.61 Å². The molecule has 0 bridgehead atoms. The maximum atomic E-state index is 11.3. The molecule has 1 heterocycles. The summed E-state index contributed by atoms with van der Waals surface area (Å²) in [6, 6.07) is 7.80. The van der Waals surface area contributed by atoms with Gasteiger partial charge >= 0.3 is 6.09 Å². The molecule has 1 amide bonds. The van der Waals surface area contributed by atoms with Crippen LogP contribution in [0.25, 0.3) is 6.08 Å². The van der Waals surface area contributed by atoms with Gasteiger partial charge in [-0.15, -0.1) is 0 Å². The van der Waals surface area contributed by atoms with Crippen LogP contribution in [0.5, 0.6) is 0 Å². The standard InChI is InChI=1S/C14H16INO3/c1-14(2)16(13(17)18)12(9-19-14)8-5-10-3-6-11(15)7-4-10/h3-8,12H,9H2,1-2H3,(H,17,18)/b8-5+/t12-/m0/s1. The number of carboxylic acid groups (broad SMARTS) is 1. The second kappa shape index (κ2) is 5.50. The van der Waals surface area contributed by atoms with Crippen molar-refractivity contribution < 1.29 is 14.6 Å². The van der Waals surface area contributed by atoms with Gasteiger partial charge in [-0.1, -0.05) is 24.3 Å². The number of benzene rings is 1. The average molecular weight is 373 g/mol. The molecule has 102 valence electrons. The highest BCUT2D eigenvalue weighted by Gasteiger charge is 2.42. The number of hydrogen-bond acceptors (Lipinski definition) is 2. The smallest absolute Gasteiger partial charge is 0.410 e. The molecule has 1 aliphatic heterocycles. The summed E-state index contributed by atoms with van der Waals surface area (Å²) in [7, 11) is 0. The fourth-order valence-electron chi connectivity index (χ4n) is 2.14. The molecule has 1 aromatic carbocycles. The SMILES string of the molecule is CC1(C)OC[C@H](/C=C/c2ccc(I)cc2)N1C(=O)O. The molecule has 2 rings (SSSR count). The molecule has 1 atom stereocenters. The van der Waals surface area contributed by atoms with Gasteiger partial charge in [0, 0.05) is 3.57 Å². The molecule has 5 heteroatoms. The van der Waals surface area contributed by atoms with Crippen molar-refractivity contribution in [1.82, 2.24) is 4.90 Å². The van der Waals surface area contributed by atoms with E-state index in [4.69, 9.17) is 4.74 Å². The fourth-order valence-corrected chi connectivity index (χ4v) is 2.50. The van der Waals surface area contributed by atoms with Crippen molar-refractivity contribution in [2.45, 2.75) is 25.6 Å². The number of carbonyl (C=O) groups is 1. The van der Waals surface area contributed by atoms with Crippen molar-refractivity contribution in [3.05, 3.63) is 39.5 Å². The van der Waals surface area contributed by atoms with Crippen LogP contribution in [0.3, 0.4) is 0 Å². The summed E-state index contributed by atoms with van der Waals surface area (Å²) in [5.74, 6) is 0. The third-order valence-corrected chi connectivity index (χ3v) is 3.83. The third kappa shape index (κ3) is 3.27. The largest absolute Gasteiger partial charge is 0.465 e. The first kappa shape index (κ1) is 14.3. The molecule has 0 radical (unpaired) electrons. The van der Waals surface area contributed by atoms with Gasteiger partial charge in [0.25, 0.3) is 0 Å². The summed E-state index contributed by atoms with van der Waals surface area (Å²) in [5, 5.41) is 9.26. The molecule has 0 aromatic heterocycles. The van der Waals surface area contributed by atoms with Gasteiger partial charge in [0.05, 0.1) is 12.6 Å². The Morgan fingerprint density at radius 2 is 2.11 bits per heavy atom. The first-order valence-corrected chi connectivity index (χ1v) is 7.08. The summed E-state index contributed by atoms with van der Waals surface area (Å²) in [6.07, 6.45) is 2.85. The van der Waals surface area contributed by atoms with Gasteiger partial charge in [0.1, 0.15) is 5.72 Å². The van der Waals surface area contributed by atoms with Crippen LogP contribution in [-0.2, 0) is 4.74 Å². The van der Waals surface area contributed by atoms with Crippen molar-refractivity contribution >= 4 is 34.8 Å². The molecule has 0 aliphatic carbocycles. The summed E-state index contributed by atoms with van der Waals surface area (Å²) in [4.78, 5) is 12.6. The molecule has 19 heavy (non-hydrogen) atoms. The first-order valence-electron chi connectivity index (χ1n) is 6.00. The van der Waals surface area contributed by atoms with Crippen LogP contribution < -0.4 is 0 Å². The predicted molar refractivity (Wildman–Crippen MR) is 81.9 cm³/mol. The molecule has 1 saturated heterocycles. The zero-order valence-electron chi connectivity index (χ0n) is 10.8. The summed E-state index contributed by atoms with van der Waals surface area (Å²) in [5.41, 5.74) is 0.280. The van der Waals surface area contributed by atoms with Crippen LogP contribution in [0.15, 0.2) is 30.3 Å². The summed E-state index contributed by atoms with van der Waals surface area (Å²) in [6.45, 7) is 3.92. The van der Waals surface area contributed by atoms with Gasteiger partial charge < -0.3 is 9.84 Å². The molecular weight excluding hydrogens is 357 g/mol. The Labute approximate surface area is 126 Å². The highest BCUT2D eigenvalue weighted by molar-refractivity contribution is 14.1. The van der Waals surface area contributed by atoms with Crippen molar-refractivity contribution in [1.29, 1.82) is 0 Å². The van der Waals surface area contributed by atoms with Gasteiger partial charge in [0.2, 0.25) is 0 Å². The third-order valence-electron chi connectivity index (χ3n) is 3.11. The van der Waals surface area contributed by atoms with E-state index in [2.05, 4.69) is 22.6 Å². The first-order chi connectivity index (χ1) is 8.90. The Morgan fingerprint density at radius 1 is 1.47 bits per heavy atom. The quantitative estimate of drug-likeness (QED) is 0.809. The number of ether oxygens (including phenoxy) is 1. The molecule has 1 N–H and O–H groups in total. The zero-order chi connectivity index (χ0) is 14.0. The minimum Gasteiger partial charge on any atom is -0.465 e. The van der Waals surface area contributed by atoms with Crippen LogP contribution in [0.4, 0.5) is 4.79 Å². The van der Waals surface area contributed by atoms with Gasteiger partial charge in [-0.3, -0.25) is 4.90 Å². The van der Waals surface area contributed by atoms with E-state index in [0.717, 1.165) is 5.56 Å². The van der Waals surface area contributed by atoms with E-state index in [-0.39, 0.29) is 6.04 Å². The second-order valence-corrected chi connectivity index (χ2v) is 6.13. The minimum absolute atomic E-state index is 0.244.